The van der Waals surface area contributed by atoms with Crippen molar-refractivity contribution in [2.24, 2.45) is 0 Å². The zero-order valence-corrected chi connectivity index (χ0v) is 13.2. The summed E-state index contributed by atoms with van der Waals surface area (Å²) < 4.78 is 37.2. The number of rotatable bonds is 4. The Hall–Kier alpha value is -0.860. The molecule has 1 aromatic heterocycles. The second kappa shape index (κ2) is 6.72. The second-order valence-corrected chi connectivity index (χ2v) is 6.95. The van der Waals surface area contributed by atoms with Crippen LogP contribution >= 0.6 is 11.3 Å². The molecule has 1 N–H and O–H groups in total. The molecule has 0 spiro atoms. The minimum atomic E-state index is -4.09. The number of aromatic nitrogens is 1. The van der Waals surface area contributed by atoms with Crippen LogP contribution in [-0.4, -0.2) is 60.9 Å². The van der Waals surface area contributed by atoms with Gasteiger partial charge in [0.25, 0.3) is 0 Å². The van der Waals surface area contributed by atoms with Crippen molar-refractivity contribution in [1.82, 2.24) is 15.2 Å². The number of piperidine rings is 1. The number of thiazole rings is 1. The van der Waals surface area contributed by atoms with E-state index in [-0.39, 0.29) is 6.04 Å². The highest BCUT2D eigenvalue weighted by Crippen LogP contribution is 2.24. The van der Waals surface area contributed by atoms with E-state index in [0.717, 1.165) is 37.5 Å². The number of likely N-dealkylation sites (tertiary alicyclic amines) is 1. The Morgan fingerprint density at radius 2 is 1.91 bits per heavy atom. The van der Waals surface area contributed by atoms with Crippen molar-refractivity contribution >= 4 is 16.5 Å². The second-order valence-electron chi connectivity index (χ2n) is 6.08. The summed E-state index contributed by atoms with van der Waals surface area (Å²) in [6.07, 6.45) is 0.583. The van der Waals surface area contributed by atoms with Crippen molar-refractivity contribution in [3.05, 3.63) is 11.6 Å². The van der Waals surface area contributed by atoms with E-state index in [9.17, 15) is 13.2 Å². The fraction of sp³-hybridized carbons (Fsp3) is 0.786. The minimum Gasteiger partial charge on any atom is -0.348 e. The first kappa shape index (κ1) is 16.0. The van der Waals surface area contributed by atoms with Gasteiger partial charge in [-0.2, -0.15) is 13.2 Å². The highest BCUT2D eigenvalue weighted by atomic mass is 32.1. The van der Waals surface area contributed by atoms with Crippen LogP contribution in [0.2, 0.25) is 0 Å². The van der Waals surface area contributed by atoms with E-state index in [0.29, 0.717) is 19.1 Å². The lowest BCUT2D eigenvalue weighted by Crippen LogP contribution is -2.47. The third-order valence-corrected chi connectivity index (χ3v) is 5.16. The molecule has 3 heterocycles. The number of anilines is 1. The fourth-order valence-corrected chi connectivity index (χ4v) is 4.01. The van der Waals surface area contributed by atoms with Crippen LogP contribution in [0.25, 0.3) is 0 Å². The zero-order valence-electron chi connectivity index (χ0n) is 12.4. The standard InChI is InChI=1S/C14H21F3N4S/c15-14(16,17)10-20-5-1-12(9-20)19-11-2-6-21(7-3-11)13-18-4-8-22-13/h4,8,11-12,19H,1-3,5-7,9-10H2. The molecule has 0 radical (unpaired) electrons. The van der Waals surface area contributed by atoms with Gasteiger partial charge in [-0.1, -0.05) is 0 Å². The number of alkyl halides is 3. The van der Waals surface area contributed by atoms with Crippen molar-refractivity contribution in [3.8, 4) is 0 Å². The van der Waals surface area contributed by atoms with Crippen LogP contribution in [-0.2, 0) is 0 Å². The van der Waals surface area contributed by atoms with E-state index in [1.165, 1.54) is 4.90 Å². The Labute approximate surface area is 132 Å². The topological polar surface area (TPSA) is 31.4 Å². The molecule has 3 rings (SSSR count). The van der Waals surface area contributed by atoms with Crippen LogP contribution in [0.15, 0.2) is 11.6 Å². The maximum atomic E-state index is 12.4. The number of hydrogen-bond donors (Lipinski definition) is 1. The molecule has 2 aliphatic heterocycles. The Balaban J connectivity index is 1.40. The lowest BCUT2D eigenvalue weighted by atomic mass is 10.0. The predicted molar refractivity (Wildman–Crippen MR) is 81.4 cm³/mol. The average molecular weight is 334 g/mol. The lowest BCUT2D eigenvalue weighted by Gasteiger charge is -2.33. The quantitative estimate of drug-likeness (QED) is 0.916. The summed E-state index contributed by atoms with van der Waals surface area (Å²) in [5.41, 5.74) is 0. The number of nitrogens with zero attached hydrogens (tertiary/aromatic N) is 3. The molecule has 0 aromatic carbocycles. The molecule has 0 amide bonds. The molecular formula is C14H21F3N4S. The maximum absolute atomic E-state index is 12.4. The Morgan fingerprint density at radius 1 is 1.18 bits per heavy atom. The number of nitrogens with one attached hydrogen (secondary N) is 1. The van der Waals surface area contributed by atoms with Crippen molar-refractivity contribution in [2.75, 3.05) is 37.6 Å². The van der Waals surface area contributed by atoms with Crippen LogP contribution in [0.3, 0.4) is 0 Å². The lowest BCUT2D eigenvalue weighted by molar-refractivity contribution is -0.143. The third-order valence-electron chi connectivity index (χ3n) is 4.33. The van der Waals surface area contributed by atoms with Gasteiger partial charge in [-0.15, -0.1) is 11.3 Å². The SMILES string of the molecule is FC(F)(F)CN1CCC(NC2CCN(c3nccs3)CC2)C1. The molecule has 1 atom stereocenters. The highest BCUT2D eigenvalue weighted by molar-refractivity contribution is 7.13. The van der Waals surface area contributed by atoms with Crippen LogP contribution in [0.4, 0.5) is 18.3 Å². The van der Waals surface area contributed by atoms with Gasteiger partial charge in [0.05, 0.1) is 6.54 Å². The summed E-state index contributed by atoms with van der Waals surface area (Å²) >= 11 is 1.65. The van der Waals surface area contributed by atoms with Crippen LogP contribution < -0.4 is 10.2 Å². The van der Waals surface area contributed by atoms with Gasteiger partial charge >= 0.3 is 6.18 Å². The maximum Gasteiger partial charge on any atom is 0.401 e. The van der Waals surface area contributed by atoms with Gasteiger partial charge in [-0.3, -0.25) is 4.90 Å². The van der Waals surface area contributed by atoms with Crippen molar-refractivity contribution in [3.63, 3.8) is 0 Å². The van der Waals surface area contributed by atoms with E-state index in [2.05, 4.69) is 15.2 Å². The van der Waals surface area contributed by atoms with E-state index in [1.54, 1.807) is 11.3 Å². The number of hydrogen-bond acceptors (Lipinski definition) is 5. The number of halogens is 3. The van der Waals surface area contributed by atoms with Gasteiger partial charge in [-0.25, -0.2) is 4.98 Å². The van der Waals surface area contributed by atoms with Gasteiger partial charge in [0.1, 0.15) is 0 Å². The molecular weight excluding hydrogens is 313 g/mol. The van der Waals surface area contributed by atoms with Gasteiger partial charge in [0, 0.05) is 49.8 Å². The Kier molecular flexibility index (Phi) is 4.89. The third kappa shape index (κ3) is 4.33. The molecule has 8 heteroatoms. The summed E-state index contributed by atoms with van der Waals surface area (Å²) in [4.78, 5) is 8.11. The van der Waals surface area contributed by atoms with E-state index >= 15 is 0 Å². The molecule has 0 saturated carbocycles. The first-order valence-electron chi connectivity index (χ1n) is 7.69. The van der Waals surface area contributed by atoms with Gasteiger partial charge in [-0.05, 0) is 19.3 Å². The summed E-state index contributed by atoms with van der Waals surface area (Å²) in [6, 6.07) is 0.603. The summed E-state index contributed by atoms with van der Waals surface area (Å²) in [7, 11) is 0. The highest BCUT2D eigenvalue weighted by Gasteiger charge is 2.35. The molecule has 22 heavy (non-hydrogen) atoms. The molecule has 0 bridgehead atoms. The first-order valence-corrected chi connectivity index (χ1v) is 8.57. The van der Waals surface area contributed by atoms with Gasteiger partial charge in [0.15, 0.2) is 5.13 Å². The van der Waals surface area contributed by atoms with E-state index in [4.69, 9.17) is 0 Å². The van der Waals surface area contributed by atoms with Gasteiger partial charge in [0.2, 0.25) is 0 Å². The summed E-state index contributed by atoms with van der Waals surface area (Å²) in [6.45, 7) is 2.18. The van der Waals surface area contributed by atoms with Crippen molar-refractivity contribution in [1.29, 1.82) is 0 Å². The molecule has 2 saturated heterocycles. The van der Waals surface area contributed by atoms with Crippen molar-refractivity contribution < 1.29 is 13.2 Å². The van der Waals surface area contributed by atoms with Crippen LogP contribution in [0.5, 0.6) is 0 Å². The van der Waals surface area contributed by atoms with Crippen molar-refractivity contribution in [2.45, 2.75) is 37.5 Å². The van der Waals surface area contributed by atoms with E-state index < -0.39 is 12.7 Å². The molecule has 2 fully saturated rings. The smallest absolute Gasteiger partial charge is 0.348 e. The Morgan fingerprint density at radius 3 is 2.55 bits per heavy atom. The van der Waals surface area contributed by atoms with E-state index in [1.807, 2.05) is 11.6 Å². The molecule has 0 aliphatic carbocycles. The molecule has 4 nitrogen and oxygen atoms in total. The summed E-state index contributed by atoms with van der Waals surface area (Å²) in [5, 5.41) is 6.59. The molecule has 2 aliphatic rings. The minimum absolute atomic E-state index is 0.193. The summed E-state index contributed by atoms with van der Waals surface area (Å²) in [5.74, 6) is 0. The van der Waals surface area contributed by atoms with Crippen LogP contribution in [0.1, 0.15) is 19.3 Å². The molecule has 1 unspecified atom stereocenters. The van der Waals surface area contributed by atoms with Gasteiger partial charge < -0.3 is 10.2 Å². The largest absolute Gasteiger partial charge is 0.401 e. The normalized spacial score (nSPS) is 25.0. The first-order chi connectivity index (χ1) is 10.5. The van der Waals surface area contributed by atoms with Crippen LogP contribution in [0, 0.1) is 0 Å². The fourth-order valence-electron chi connectivity index (χ4n) is 3.31. The zero-order chi connectivity index (χ0) is 15.6. The average Bonchev–Trinajstić information content (AvgIpc) is 3.10. The molecule has 124 valence electrons. The monoisotopic (exact) mass is 334 g/mol. The predicted octanol–water partition coefficient (Wildman–Crippen LogP) is 2.34. The Bertz CT molecular complexity index is 457. The molecule has 1 aromatic rings.